The van der Waals surface area contributed by atoms with Crippen molar-refractivity contribution in [1.29, 1.82) is 0 Å². The van der Waals surface area contributed by atoms with Gasteiger partial charge in [-0.05, 0) is 22.6 Å². The summed E-state index contributed by atoms with van der Waals surface area (Å²) < 4.78 is 4.04. The molecule has 7 heteroatoms. The summed E-state index contributed by atoms with van der Waals surface area (Å²) in [6.07, 6.45) is 3.55. The summed E-state index contributed by atoms with van der Waals surface area (Å²) in [6.45, 7) is 0. The number of rotatable bonds is 2. The first kappa shape index (κ1) is 11.1. The fourth-order valence-electron chi connectivity index (χ4n) is 1.27. The van der Waals surface area contributed by atoms with Gasteiger partial charge in [0.25, 0.3) is 5.91 Å². The van der Waals surface area contributed by atoms with E-state index in [1.807, 2.05) is 0 Å². The lowest BCUT2D eigenvalue weighted by Gasteiger charge is -1.98. The van der Waals surface area contributed by atoms with Crippen LogP contribution in [-0.4, -0.2) is 25.5 Å². The molecule has 0 saturated heterocycles. The Morgan fingerprint density at radius 1 is 1.38 bits per heavy atom. The summed E-state index contributed by atoms with van der Waals surface area (Å²) in [7, 11) is 3.57. The summed E-state index contributed by atoms with van der Waals surface area (Å²) in [6, 6.07) is 1.73. The summed E-state index contributed by atoms with van der Waals surface area (Å²) in [5.74, 6) is 0.276. The van der Waals surface area contributed by atoms with Crippen LogP contribution in [0.5, 0.6) is 0 Å². The van der Waals surface area contributed by atoms with Crippen LogP contribution in [0.25, 0.3) is 0 Å². The summed E-state index contributed by atoms with van der Waals surface area (Å²) in [5.41, 5.74) is 0.411. The largest absolute Gasteiger partial charge is 0.304 e. The number of nitrogens with zero attached hydrogens (tertiary/aromatic N) is 4. The number of carbonyl (C=O) groups is 1. The van der Waals surface area contributed by atoms with E-state index in [1.54, 1.807) is 41.9 Å². The molecule has 0 fully saturated rings. The fraction of sp³-hybridized carbons (Fsp3) is 0.222. The molecule has 2 aromatic heterocycles. The molecule has 0 aromatic carbocycles. The zero-order chi connectivity index (χ0) is 11.7. The van der Waals surface area contributed by atoms with Crippen LogP contribution in [0.3, 0.4) is 0 Å². The van der Waals surface area contributed by atoms with Gasteiger partial charge in [0.2, 0.25) is 0 Å². The minimum atomic E-state index is -0.247. The second-order valence-electron chi connectivity index (χ2n) is 3.33. The van der Waals surface area contributed by atoms with Gasteiger partial charge < -0.3 is 5.32 Å². The number of hydrogen-bond donors (Lipinski definition) is 1. The van der Waals surface area contributed by atoms with Gasteiger partial charge in [0, 0.05) is 32.6 Å². The summed E-state index contributed by atoms with van der Waals surface area (Å²) >= 11 is 2.07. The van der Waals surface area contributed by atoms with Gasteiger partial charge in [0.15, 0.2) is 11.5 Å². The monoisotopic (exact) mass is 331 g/mol. The highest BCUT2D eigenvalue weighted by atomic mass is 127. The maximum atomic E-state index is 11.8. The number of amides is 1. The Kier molecular flexibility index (Phi) is 2.95. The van der Waals surface area contributed by atoms with Crippen molar-refractivity contribution < 1.29 is 4.79 Å². The Labute approximate surface area is 106 Å². The number of aryl methyl sites for hydroxylation is 2. The average molecular weight is 331 g/mol. The van der Waals surface area contributed by atoms with Crippen molar-refractivity contribution in [3.63, 3.8) is 0 Å². The molecule has 0 unspecified atom stereocenters. The highest BCUT2D eigenvalue weighted by Crippen LogP contribution is 2.11. The number of nitrogens with one attached hydrogen (secondary N) is 1. The summed E-state index contributed by atoms with van der Waals surface area (Å²) in [5, 5.41) is 10.8. The second-order valence-corrected chi connectivity index (χ2v) is 4.49. The fourth-order valence-corrected chi connectivity index (χ4v) is 2.03. The van der Waals surface area contributed by atoms with Crippen LogP contribution < -0.4 is 5.32 Å². The van der Waals surface area contributed by atoms with Gasteiger partial charge in [-0.1, -0.05) is 0 Å². The SMILES string of the molecule is Cn1ccc(NC(=O)c2nn(C)cc2I)n1. The summed E-state index contributed by atoms with van der Waals surface area (Å²) in [4.78, 5) is 11.8. The highest BCUT2D eigenvalue weighted by Gasteiger charge is 2.15. The topological polar surface area (TPSA) is 64.7 Å². The lowest BCUT2D eigenvalue weighted by molar-refractivity contribution is 0.102. The quantitative estimate of drug-likeness (QED) is 0.836. The molecule has 0 saturated carbocycles. The number of hydrogen-bond acceptors (Lipinski definition) is 3. The molecule has 2 rings (SSSR count). The van der Waals surface area contributed by atoms with E-state index < -0.39 is 0 Å². The Morgan fingerprint density at radius 3 is 2.62 bits per heavy atom. The van der Waals surface area contributed by atoms with Gasteiger partial charge in [-0.3, -0.25) is 14.2 Å². The molecule has 6 nitrogen and oxygen atoms in total. The zero-order valence-electron chi connectivity index (χ0n) is 8.81. The van der Waals surface area contributed by atoms with E-state index in [4.69, 9.17) is 0 Å². The Hall–Kier alpha value is -1.38. The van der Waals surface area contributed by atoms with Crippen molar-refractivity contribution in [2.24, 2.45) is 14.1 Å². The van der Waals surface area contributed by atoms with Crippen molar-refractivity contribution in [3.05, 3.63) is 27.7 Å². The molecule has 84 valence electrons. The van der Waals surface area contributed by atoms with Gasteiger partial charge >= 0.3 is 0 Å². The third-order valence-electron chi connectivity index (χ3n) is 1.95. The van der Waals surface area contributed by atoms with Crippen molar-refractivity contribution >= 4 is 34.3 Å². The molecule has 1 N–H and O–H groups in total. The normalized spacial score (nSPS) is 10.4. The van der Waals surface area contributed by atoms with Crippen LogP contribution in [0, 0.1) is 3.57 Å². The van der Waals surface area contributed by atoms with E-state index in [0.29, 0.717) is 11.5 Å². The molecular weight excluding hydrogens is 321 g/mol. The average Bonchev–Trinajstić information content (AvgIpc) is 2.73. The van der Waals surface area contributed by atoms with E-state index in [9.17, 15) is 4.79 Å². The Balaban J connectivity index is 2.17. The molecular formula is C9H10IN5O. The second kappa shape index (κ2) is 4.24. The van der Waals surface area contributed by atoms with Crippen molar-refractivity contribution in [2.75, 3.05) is 5.32 Å². The molecule has 0 aliphatic carbocycles. The van der Waals surface area contributed by atoms with E-state index in [0.717, 1.165) is 3.57 Å². The van der Waals surface area contributed by atoms with E-state index in [1.165, 1.54) is 0 Å². The van der Waals surface area contributed by atoms with Crippen LogP contribution in [-0.2, 0) is 14.1 Å². The lowest BCUT2D eigenvalue weighted by atomic mass is 10.4. The maximum absolute atomic E-state index is 11.8. The van der Waals surface area contributed by atoms with Crippen LogP contribution in [0.15, 0.2) is 18.5 Å². The Bertz CT molecular complexity index is 530. The van der Waals surface area contributed by atoms with E-state index >= 15 is 0 Å². The predicted octanol–water partition coefficient (Wildman–Crippen LogP) is 1.01. The smallest absolute Gasteiger partial charge is 0.278 e. The number of carbonyl (C=O) groups excluding carboxylic acids is 1. The third kappa shape index (κ3) is 2.23. The van der Waals surface area contributed by atoms with Crippen molar-refractivity contribution in [1.82, 2.24) is 19.6 Å². The minimum absolute atomic E-state index is 0.247. The molecule has 0 radical (unpaired) electrons. The first-order valence-corrected chi connectivity index (χ1v) is 5.64. The van der Waals surface area contributed by atoms with E-state index in [2.05, 4.69) is 38.1 Å². The molecule has 16 heavy (non-hydrogen) atoms. The van der Waals surface area contributed by atoms with Gasteiger partial charge in [0.1, 0.15) is 0 Å². The number of halogens is 1. The van der Waals surface area contributed by atoms with Crippen LogP contribution >= 0.6 is 22.6 Å². The first-order valence-electron chi connectivity index (χ1n) is 4.56. The zero-order valence-corrected chi connectivity index (χ0v) is 11.0. The molecule has 2 aromatic rings. The van der Waals surface area contributed by atoms with E-state index in [-0.39, 0.29) is 5.91 Å². The van der Waals surface area contributed by atoms with Gasteiger partial charge in [-0.2, -0.15) is 10.2 Å². The van der Waals surface area contributed by atoms with Crippen molar-refractivity contribution in [2.45, 2.75) is 0 Å². The van der Waals surface area contributed by atoms with Gasteiger partial charge in [-0.15, -0.1) is 0 Å². The molecule has 1 amide bonds. The number of aromatic nitrogens is 4. The standard InChI is InChI=1S/C9H10IN5O/c1-14-4-3-7(12-14)11-9(16)8-6(10)5-15(2)13-8/h3-5H,1-2H3,(H,11,12,16). The molecule has 2 heterocycles. The minimum Gasteiger partial charge on any atom is -0.304 e. The first-order chi connectivity index (χ1) is 7.56. The molecule has 0 bridgehead atoms. The molecule has 0 aliphatic heterocycles. The predicted molar refractivity (Wildman–Crippen MR) is 67.1 cm³/mol. The Morgan fingerprint density at radius 2 is 2.12 bits per heavy atom. The van der Waals surface area contributed by atoms with Gasteiger partial charge in [0.05, 0.1) is 3.57 Å². The van der Waals surface area contributed by atoms with Crippen LogP contribution in [0.2, 0.25) is 0 Å². The lowest BCUT2D eigenvalue weighted by Crippen LogP contribution is -2.14. The molecule has 0 atom stereocenters. The molecule has 0 aliphatic rings. The van der Waals surface area contributed by atoms with Gasteiger partial charge in [-0.25, -0.2) is 0 Å². The highest BCUT2D eigenvalue weighted by molar-refractivity contribution is 14.1. The third-order valence-corrected chi connectivity index (χ3v) is 2.74. The van der Waals surface area contributed by atoms with Crippen LogP contribution in [0.4, 0.5) is 5.82 Å². The van der Waals surface area contributed by atoms with Crippen molar-refractivity contribution in [3.8, 4) is 0 Å². The number of anilines is 1. The molecule has 0 spiro atoms. The van der Waals surface area contributed by atoms with Crippen LogP contribution in [0.1, 0.15) is 10.5 Å². The maximum Gasteiger partial charge on any atom is 0.278 e.